The van der Waals surface area contributed by atoms with Gasteiger partial charge in [0.15, 0.2) is 0 Å². The summed E-state index contributed by atoms with van der Waals surface area (Å²) in [6.45, 7) is 1.86. The molecule has 1 heterocycles. The quantitative estimate of drug-likeness (QED) is 0.796. The average Bonchev–Trinajstić information content (AvgIpc) is 2.66. The Kier molecular flexibility index (Phi) is 2.92. The summed E-state index contributed by atoms with van der Waals surface area (Å²) in [6, 6.07) is 3.51. The molecular formula is C12H16N2O2. The Balaban J connectivity index is 2.07. The summed E-state index contributed by atoms with van der Waals surface area (Å²) in [6.07, 6.45) is 4.59. The van der Waals surface area contributed by atoms with Crippen molar-refractivity contribution in [3.8, 4) is 0 Å². The van der Waals surface area contributed by atoms with Gasteiger partial charge in [-0.15, -0.1) is 0 Å². The minimum absolute atomic E-state index is 0.296. The zero-order valence-corrected chi connectivity index (χ0v) is 9.36. The zero-order valence-electron chi connectivity index (χ0n) is 9.36. The maximum absolute atomic E-state index is 11.9. The van der Waals surface area contributed by atoms with E-state index in [4.69, 9.17) is 0 Å². The third kappa shape index (κ3) is 2.22. The molecule has 0 aliphatic heterocycles. The largest absolute Gasteiger partial charge is 0.380 e. The molecule has 1 amide bonds. The van der Waals surface area contributed by atoms with E-state index in [-0.39, 0.29) is 5.91 Å². The molecular weight excluding hydrogens is 204 g/mol. The molecule has 1 saturated carbocycles. The summed E-state index contributed by atoms with van der Waals surface area (Å²) in [7, 11) is 0. The fourth-order valence-electron chi connectivity index (χ4n) is 2.06. The SMILES string of the molecule is Cc1cc(NC(=O)C2(O)CCCC2)ccn1. The third-order valence-corrected chi connectivity index (χ3v) is 3.01. The lowest BCUT2D eigenvalue weighted by Gasteiger charge is -2.20. The Labute approximate surface area is 94.7 Å². The van der Waals surface area contributed by atoms with Crippen LogP contribution in [0.5, 0.6) is 0 Å². The van der Waals surface area contributed by atoms with E-state index >= 15 is 0 Å². The number of aliphatic hydroxyl groups is 1. The van der Waals surface area contributed by atoms with Gasteiger partial charge >= 0.3 is 0 Å². The van der Waals surface area contributed by atoms with E-state index in [0.29, 0.717) is 18.5 Å². The van der Waals surface area contributed by atoms with Crippen molar-refractivity contribution in [3.05, 3.63) is 24.0 Å². The van der Waals surface area contributed by atoms with Crippen molar-refractivity contribution in [1.29, 1.82) is 0 Å². The number of nitrogens with zero attached hydrogens (tertiary/aromatic N) is 1. The van der Waals surface area contributed by atoms with Crippen LogP contribution in [-0.2, 0) is 4.79 Å². The van der Waals surface area contributed by atoms with E-state index < -0.39 is 5.60 Å². The van der Waals surface area contributed by atoms with Crippen molar-refractivity contribution < 1.29 is 9.90 Å². The van der Waals surface area contributed by atoms with E-state index in [0.717, 1.165) is 18.5 Å². The number of nitrogens with one attached hydrogen (secondary N) is 1. The molecule has 86 valence electrons. The molecule has 2 rings (SSSR count). The molecule has 1 aromatic heterocycles. The van der Waals surface area contributed by atoms with Gasteiger partial charge in [0.1, 0.15) is 5.60 Å². The molecule has 1 aliphatic carbocycles. The van der Waals surface area contributed by atoms with Gasteiger partial charge in [-0.3, -0.25) is 9.78 Å². The zero-order chi connectivity index (χ0) is 11.6. The molecule has 0 radical (unpaired) electrons. The van der Waals surface area contributed by atoms with E-state index in [1.165, 1.54) is 0 Å². The second-order valence-corrected chi connectivity index (χ2v) is 4.38. The van der Waals surface area contributed by atoms with Gasteiger partial charge in [-0.2, -0.15) is 0 Å². The van der Waals surface area contributed by atoms with Crippen LogP contribution in [-0.4, -0.2) is 21.6 Å². The summed E-state index contributed by atoms with van der Waals surface area (Å²) >= 11 is 0. The number of carbonyl (C=O) groups excluding carboxylic acids is 1. The molecule has 0 atom stereocenters. The number of hydrogen-bond acceptors (Lipinski definition) is 3. The van der Waals surface area contributed by atoms with Gasteiger partial charge in [0.2, 0.25) is 0 Å². The van der Waals surface area contributed by atoms with Gasteiger partial charge in [0, 0.05) is 17.6 Å². The van der Waals surface area contributed by atoms with Crippen LogP contribution in [0.2, 0.25) is 0 Å². The van der Waals surface area contributed by atoms with Gasteiger partial charge in [-0.05, 0) is 44.7 Å². The van der Waals surface area contributed by atoms with Gasteiger partial charge in [0.25, 0.3) is 5.91 Å². The van der Waals surface area contributed by atoms with Crippen molar-refractivity contribution in [2.45, 2.75) is 38.2 Å². The van der Waals surface area contributed by atoms with Crippen LogP contribution in [0, 0.1) is 6.92 Å². The second-order valence-electron chi connectivity index (χ2n) is 4.38. The maximum Gasteiger partial charge on any atom is 0.256 e. The number of rotatable bonds is 2. The molecule has 4 heteroatoms. The minimum Gasteiger partial charge on any atom is -0.380 e. The topological polar surface area (TPSA) is 62.2 Å². The molecule has 4 nitrogen and oxygen atoms in total. The monoisotopic (exact) mass is 220 g/mol. The first-order chi connectivity index (χ1) is 7.60. The van der Waals surface area contributed by atoms with Crippen molar-refractivity contribution >= 4 is 11.6 Å². The number of hydrogen-bond donors (Lipinski definition) is 2. The summed E-state index contributed by atoms with van der Waals surface area (Å²) in [5.41, 5.74) is 0.367. The number of aryl methyl sites for hydroxylation is 1. The molecule has 1 aliphatic rings. The molecule has 16 heavy (non-hydrogen) atoms. The number of anilines is 1. The lowest BCUT2D eigenvalue weighted by Crippen LogP contribution is -2.40. The lowest BCUT2D eigenvalue weighted by molar-refractivity contribution is -0.133. The maximum atomic E-state index is 11.9. The van der Waals surface area contributed by atoms with Crippen molar-refractivity contribution in [3.63, 3.8) is 0 Å². The third-order valence-electron chi connectivity index (χ3n) is 3.01. The first kappa shape index (κ1) is 11.1. The van der Waals surface area contributed by atoms with Crippen molar-refractivity contribution in [1.82, 2.24) is 4.98 Å². The molecule has 1 aromatic rings. The highest BCUT2D eigenvalue weighted by atomic mass is 16.3. The highest BCUT2D eigenvalue weighted by Crippen LogP contribution is 2.30. The van der Waals surface area contributed by atoms with E-state index in [2.05, 4.69) is 10.3 Å². The Bertz CT molecular complexity index is 398. The highest BCUT2D eigenvalue weighted by Gasteiger charge is 2.38. The van der Waals surface area contributed by atoms with Crippen molar-refractivity contribution in [2.24, 2.45) is 0 Å². The first-order valence-corrected chi connectivity index (χ1v) is 5.57. The Hall–Kier alpha value is -1.42. The minimum atomic E-state index is -1.17. The van der Waals surface area contributed by atoms with Crippen LogP contribution < -0.4 is 5.32 Å². The van der Waals surface area contributed by atoms with Gasteiger partial charge in [-0.25, -0.2) is 0 Å². The fourth-order valence-corrected chi connectivity index (χ4v) is 2.06. The summed E-state index contributed by atoms with van der Waals surface area (Å²) in [4.78, 5) is 15.9. The molecule has 0 unspecified atom stereocenters. The predicted octanol–water partition coefficient (Wildman–Crippen LogP) is 1.63. The van der Waals surface area contributed by atoms with E-state index in [1.54, 1.807) is 18.3 Å². The van der Waals surface area contributed by atoms with Crippen LogP contribution in [0.15, 0.2) is 18.3 Å². The molecule has 0 spiro atoms. The number of carbonyl (C=O) groups is 1. The number of aromatic nitrogens is 1. The number of amides is 1. The second kappa shape index (κ2) is 4.22. The highest BCUT2D eigenvalue weighted by molar-refractivity contribution is 5.97. The smallest absolute Gasteiger partial charge is 0.256 e. The van der Waals surface area contributed by atoms with Crippen LogP contribution in [0.3, 0.4) is 0 Å². The fraction of sp³-hybridized carbons (Fsp3) is 0.500. The Morgan fingerprint density at radius 3 is 2.81 bits per heavy atom. The van der Waals surface area contributed by atoms with Crippen LogP contribution in [0.1, 0.15) is 31.4 Å². The number of pyridine rings is 1. The van der Waals surface area contributed by atoms with Crippen LogP contribution >= 0.6 is 0 Å². The summed E-state index contributed by atoms with van der Waals surface area (Å²) < 4.78 is 0. The van der Waals surface area contributed by atoms with Crippen LogP contribution in [0.4, 0.5) is 5.69 Å². The van der Waals surface area contributed by atoms with Gasteiger partial charge in [-0.1, -0.05) is 0 Å². The average molecular weight is 220 g/mol. The van der Waals surface area contributed by atoms with E-state index in [9.17, 15) is 9.90 Å². The molecule has 2 N–H and O–H groups in total. The standard InChI is InChI=1S/C12H16N2O2/c1-9-8-10(4-7-13-9)14-11(15)12(16)5-2-3-6-12/h4,7-8,16H,2-3,5-6H2,1H3,(H,13,14,15). The van der Waals surface area contributed by atoms with Crippen LogP contribution in [0.25, 0.3) is 0 Å². The normalized spacial score (nSPS) is 18.4. The Morgan fingerprint density at radius 2 is 2.19 bits per heavy atom. The lowest BCUT2D eigenvalue weighted by atomic mass is 10.0. The molecule has 0 saturated heterocycles. The summed E-state index contributed by atoms with van der Waals surface area (Å²) in [5.74, 6) is -0.296. The molecule has 0 aromatic carbocycles. The van der Waals surface area contributed by atoms with Gasteiger partial charge < -0.3 is 10.4 Å². The summed E-state index contributed by atoms with van der Waals surface area (Å²) in [5, 5.41) is 12.8. The Morgan fingerprint density at radius 1 is 1.50 bits per heavy atom. The van der Waals surface area contributed by atoms with E-state index in [1.807, 2.05) is 6.92 Å². The molecule has 0 bridgehead atoms. The van der Waals surface area contributed by atoms with Crippen molar-refractivity contribution in [2.75, 3.05) is 5.32 Å². The first-order valence-electron chi connectivity index (χ1n) is 5.57. The predicted molar refractivity (Wildman–Crippen MR) is 61.0 cm³/mol. The van der Waals surface area contributed by atoms with Gasteiger partial charge in [0.05, 0.1) is 0 Å². The molecule has 1 fully saturated rings.